The zero-order valence-electron chi connectivity index (χ0n) is 16.7. The van der Waals surface area contributed by atoms with Crippen LogP contribution in [0, 0.1) is 11.8 Å². The summed E-state index contributed by atoms with van der Waals surface area (Å²) in [7, 11) is 1.59. The lowest BCUT2D eigenvalue weighted by atomic mass is 9.89. The van der Waals surface area contributed by atoms with Crippen molar-refractivity contribution in [3.63, 3.8) is 0 Å². The third-order valence-electron chi connectivity index (χ3n) is 6.13. The van der Waals surface area contributed by atoms with Crippen molar-refractivity contribution in [2.45, 2.75) is 12.3 Å². The van der Waals surface area contributed by atoms with Gasteiger partial charge in [-0.1, -0.05) is 42.5 Å². The molecule has 2 aliphatic heterocycles. The van der Waals surface area contributed by atoms with Gasteiger partial charge in [-0.25, -0.2) is 0 Å². The Labute approximate surface area is 171 Å². The normalized spacial score (nSPS) is 24.2. The van der Waals surface area contributed by atoms with E-state index in [9.17, 15) is 9.59 Å². The second-order valence-corrected chi connectivity index (χ2v) is 7.83. The summed E-state index contributed by atoms with van der Waals surface area (Å²) >= 11 is 0. The Morgan fingerprint density at radius 3 is 2.52 bits per heavy atom. The predicted molar refractivity (Wildman–Crippen MR) is 112 cm³/mol. The number of amides is 2. The van der Waals surface area contributed by atoms with Crippen molar-refractivity contribution in [1.82, 2.24) is 4.90 Å². The number of hydrogen-bond donors (Lipinski definition) is 1. The number of ether oxygens (including phenoxy) is 1. The van der Waals surface area contributed by atoms with Gasteiger partial charge in [0, 0.05) is 32.0 Å². The number of methoxy groups -OCH3 is 1. The molecule has 2 aromatic carbocycles. The summed E-state index contributed by atoms with van der Waals surface area (Å²) in [5.41, 5.74) is 7.96. The van der Waals surface area contributed by atoms with Crippen LogP contribution in [0.3, 0.4) is 0 Å². The van der Waals surface area contributed by atoms with E-state index in [1.807, 2.05) is 47.4 Å². The molecule has 0 aromatic heterocycles. The molecule has 4 rings (SSSR count). The van der Waals surface area contributed by atoms with Crippen LogP contribution >= 0.6 is 0 Å². The minimum Gasteiger partial charge on any atom is -0.495 e. The van der Waals surface area contributed by atoms with Crippen molar-refractivity contribution in [2.75, 3.05) is 38.2 Å². The first-order valence-corrected chi connectivity index (χ1v) is 10.1. The lowest BCUT2D eigenvalue weighted by molar-refractivity contribution is -0.134. The van der Waals surface area contributed by atoms with Crippen molar-refractivity contribution in [1.29, 1.82) is 0 Å². The number of para-hydroxylation sites is 2. The first kappa shape index (κ1) is 19.5. The second-order valence-electron chi connectivity index (χ2n) is 7.83. The molecule has 2 heterocycles. The Morgan fingerprint density at radius 1 is 1.07 bits per heavy atom. The first-order chi connectivity index (χ1) is 14.1. The highest BCUT2D eigenvalue weighted by atomic mass is 16.5. The molecule has 3 atom stereocenters. The summed E-state index contributed by atoms with van der Waals surface area (Å²) < 4.78 is 5.39. The molecule has 1 unspecified atom stereocenters. The maximum Gasteiger partial charge on any atom is 0.228 e. The Balaban J connectivity index is 1.48. The molecule has 2 amide bonds. The van der Waals surface area contributed by atoms with E-state index in [2.05, 4.69) is 12.1 Å². The fraction of sp³-hybridized carbons (Fsp3) is 0.391. The van der Waals surface area contributed by atoms with Gasteiger partial charge in [0.25, 0.3) is 0 Å². The van der Waals surface area contributed by atoms with E-state index < -0.39 is 0 Å². The molecular weight excluding hydrogens is 366 g/mol. The van der Waals surface area contributed by atoms with Crippen molar-refractivity contribution in [2.24, 2.45) is 17.6 Å². The van der Waals surface area contributed by atoms with Crippen molar-refractivity contribution in [3.8, 4) is 5.75 Å². The van der Waals surface area contributed by atoms with Crippen LogP contribution in [0.4, 0.5) is 5.69 Å². The van der Waals surface area contributed by atoms with Gasteiger partial charge in [-0.2, -0.15) is 0 Å². The second kappa shape index (κ2) is 8.25. The topological polar surface area (TPSA) is 75.9 Å². The highest BCUT2D eigenvalue weighted by molar-refractivity contribution is 6.01. The van der Waals surface area contributed by atoms with E-state index in [0.717, 1.165) is 5.69 Å². The minimum atomic E-state index is -0.333. The third-order valence-corrected chi connectivity index (χ3v) is 6.13. The molecule has 2 fully saturated rings. The number of hydrogen-bond acceptors (Lipinski definition) is 4. The van der Waals surface area contributed by atoms with Gasteiger partial charge in [-0.3, -0.25) is 9.59 Å². The van der Waals surface area contributed by atoms with E-state index in [0.29, 0.717) is 31.9 Å². The van der Waals surface area contributed by atoms with Gasteiger partial charge in [-0.15, -0.1) is 0 Å². The molecule has 2 N–H and O–H groups in total. The zero-order valence-corrected chi connectivity index (χ0v) is 16.7. The number of carbonyl (C=O) groups is 2. The third kappa shape index (κ3) is 3.72. The predicted octanol–water partition coefficient (Wildman–Crippen LogP) is 2.25. The van der Waals surface area contributed by atoms with Gasteiger partial charge >= 0.3 is 0 Å². The highest BCUT2D eigenvalue weighted by Crippen LogP contribution is 2.36. The Morgan fingerprint density at radius 2 is 1.79 bits per heavy atom. The van der Waals surface area contributed by atoms with Crippen LogP contribution in [0.2, 0.25) is 0 Å². The summed E-state index contributed by atoms with van der Waals surface area (Å²) in [6, 6.07) is 17.7. The minimum absolute atomic E-state index is 0.0398. The molecule has 0 radical (unpaired) electrons. The molecule has 0 aliphatic carbocycles. The van der Waals surface area contributed by atoms with Crippen molar-refractivity contribution in [3.05, 3.63) is 60.2 Å². The van der Waals surface area contributed by atoms with Crippen LogP contribution in [0.1, 0.15) is 17.9 Å². The van der Waals surface area contributed by atoms with Crippen LogP contribution in [0.15, 0.2) is 54.6 Å². The van der Waals surface area contributed by atoms with Crippen LogP contribution in [-0.4, -0.2) is 50.0 Å². The summed E-state index contributed by atoms with van der Waals surface area (Å²) in [5, 5.41) is 0. The monoisotopic (exact) mass is 393 g/mol. The van der Waals surface area contributed by atoms with E-state index in [1.165, 1.54) is 5.56 Å². The molecule has 0 saturated carbocycles. The van der Waals surface area contributed by atoms with Crippen LogP contribution in [-0.2, 0) is 9.59 Å². The van der Waals surface area contributed by atoms with Crippen LogP contribution in [0.5, 0.6) is 5.75 Å². The standard InChI is InChI=1S/C23H27N3O3/c1-29-21-10-6-5-9-20(21)26-14-17(11-22(26)27)23(28)25-13-18(12-24)19(15-25)16-7-3-2-4-8-16/h2-10,17-19H,11-15,24H2,1H3/t17?,18-,19+/m1/s1. The molecule has 152 valence electrons. The quantitative estimate of drug-likeness (QED) is 0.845. The molecule has 2 aliphatic rings. The number of rotatable bonds is 5. The molecule has 6 nitrogen and oxygen atoms in total. The van der Waals surface area contributed by atoms with Crippen molar-refractivity contribution < 1.29 is 14.3 Å². The van der Waals surface area contributed by atoms with Gasteiger partial charge in [0.15, 0.2) is 0 Å². The highest BCUT2D eigenvalue weighted by Gasteiger charge is 2.42. The SMILES string of the molecule is COc1ccccc1N1CC(C(=O)N2C[C@@H](CN)[C@H](c3ccccc3)C2)CC1=O. The maximum absolute atomic E-state index is 13.2. The molecule has 6 heteroatoms. The molecule has 0 spiro atoms. The zero-order chi connectivity index (χ0) is 20.4. The molecule has 29 heavy (non-hydrogen) atoms. The Hall–Kier alpha value is -2.86. The lowest BCUT2D eigenvalue weighted by Gasteiger charge is -2.22. The van der Waals surface area contributed by atoms with Crippen LogP contribution < -0.4 is 15.4 Å². The number of benzene rings is 2. The number of carbonyl (C=O) groups excluding carboxylic acids is 2. The summed E-state index contributed by atoms with van der Waals surface area (Å²) in [4.78, 5) is 29.5. The fourth-order valence-electron chi connectivity index (χ4n) is 4.58. The van der Waals surface area contributed by atoms with E-state index >= 15 is 0 Å². The summed E-state index contributed by atoms with van der Waals surface area (Å²) in [5.74, 6) is 0.800. The van der Waals surface area contributed by atoms with Crippen LogP contribution in [0.25, 0.3) is 0 Å². The molecular formula is C23H27N3O3. The molecule has 2 aromatic rings. The lowest BCUT2D eigenvalue weighted by Crippen LogP contribution is -2.36. The number of anilines is 1. The smallest absolute Gasteiger partial charge is 0.228 e. The average Bonchev–Trinajstić information content (AvgIpc) is 3.37. The Bertz CT molecular complexity index is 886. The van der Waals surface area contributed by atoms with Gasteiger partial charge in [0.05, 0.1) is 18.7 Å². The number of likely N-dealkylation sites (tertiary alicyclic amines) is 1. The van der Waals surface area contributed by atoms with E-state index in [4.69, 9.17) is 10.5 Å². The van der Waals surface area contributed by atoms with Gasteiger partial charge < -0.3 is 20.3 Å². The maximum atomic E-state index is 13.2. The fourth-order valence-corrected chi connectivity index (χ4v) is 4.58. The van der Waals surface area contributed by atoms with E-state index in [-0.39, 0.29) is 36.0 Å². The largest absolute Gasteiger partial charge is 0.495 e. The van der Waals surface area contributed by atoms with Gasteiger partial charge in [0.1, 0.15) is 5.75 Å². The molecule has 0 bridgehead atoms. The summed E-state index contributed by atoms with van der Waals surface area (Å²) in [6.07, 6.45) is 0.233. The first-order valence-electron chi connectivity index (χ1n) is 10.1. The van der Waals surface area contributed by atoms with E-state index in [1.54, 1.807) is 12.0 Å². The number of nitrogens with zero attached hydrogens (tertiary/aromatic N) is 2. The van der Waals surface area contributed by atoms with Gasteiger partial charge in [0.2, 0.25) is 11.8 Å². The Kier molecular flexibility index (Phi) is 5.53. The summed E-state index contributed by atoms with van der Waals surface area (Å²) in [6.45, 7) is 2.23. The average molecular weight is 393 g/mol. The van der Waals surface area contributed by atoms with Crippen molar-refractivity contribution >= 4 is 17.5 Å². The van der Waals surface area contributed by atoms with Gasteiger partial charge in [-0.05, 0) is 30.2 Å². The molecule has 2 saturated heterocycles. The number of nitrogens with two attached hydrogens (primary N) is 1.